The normalized spacial score (nSPS) is 54.5. The minimum Gasteiger partial charge on any atom is -0.315 e. The third kappa shape index (κ3) is 0.744. The summed E-state index contributed by atoms with van der Waals surface area (Å²) in [5, 5.41) is 3.50. The first-order chi connectivity index (χ1) is 5.39. The van der Waals surface area contributed by atoms with Crippen molar-refractivity contribution in [2.24, 2.45) is 5.92 Å². The van der Waals surface area contributed by atoms with E-state index < -0.39 is 0 Å². The van der Waals surface area contributed by atoms with Crippen LogP contribution in [0.5, 0.6) is 0 Å². The molecule has 0 aliphatic carbocycles. The van der Waals surface area contributed by atoms with Gasteiger partial charge < -0.3 is 5.32 Å². The molecule has 1 spiro atoms. The molecule has 3 heterocycles. The summed E-state index contributed by atoms with van der Waals surface area (Å²) in [6.07, 6.45) is 4.37. The lowest BCUT2D eigenvalue weighted by molar-refractivity contribution is 0.153. The highest BCUT2D eigenvalue weighted by Crippen LogP contribution is 2.43. The van der Waals surface area contributed by atoms with E-state index in [1.807, 2.05) is 0 Å². The van der Waals surface area contributed by atoms with Gasteiger partial charge in [-0.3, -0.25) is 4.90 Å². The van der Waals surface area contributed by atoms with Gasteiger partial charge in [0, 0.05) is 18.6 Å². The number of fused-ring (bicyclic) bond motifs is 3. The van der Waals surface area contributed by atoms with Crippen molar-refractivity contribution in [1.29, 1.82) is 0 Å². The Kier molecular flexibility index (Phi) is 1.16. The van der Waals surface area contributed by atoms with Crippen LogP contribution >= 0.6 is 0 Å². The Morgan fingerprint density at radius 2 is 2.45 bits per heavy atom. The van der Waals surface area contributed by atoms with Crippen LogP contribution in [0.1, 0.15) is 19.3 Å². The maximum atomic E-state index is 3.50. The van der Waals surface area contributed by atoms with Crippen molar-refractivity contribution in [1.82, 2.24) is 10.2 Å². The van der Waals surface area contributed by atoms with Gasteiger partial charge in [-0.15, -0.1) is 0 Å². The van der Waals surface area contributed by atoms with Crippen molar-refractivity contribution < 1.29 is 0 Å². The number of nitrogens with zero attached hydrogens (tertiary/aromatic N) is 1. The van der Waals surface area contributed by atoms with E-state index in [0.717, 1.165) is 5.92 Å². The smallest absolute Gasteiger partial charge is 0.0349 e. The van der Waals surface area contributed by atoms with Crippen LogP contribution in [0.2, 0.25) is 0 Å². The van der Waals surface area contributed by atoms with Crippen LogP contribution in [0.25, 0.3) is 0 Å². The molecule has 11 heavy (non-hydrogen) atoms. The summed E-state index contributed by atoms with van der Waals surface area (Å²) in [4.78, 5) is 2.73. The van der Waals surface area contributed by atoms with Crippen LogP contribution in [0.4, 0.5) is 0 Å². The first-order valence-corrected chi connectivity index (χ1v) is 4.85. The van der Waals surface area contributed by atoms with Gasteiger partial charge in [0.1, 0.15) is 0 Å². The molecule has 3 aliphatic rings. The van der Waals surface area contributed by atoms with E-state index in [1.54, 1.807) is 0 Å². The van der Waals surface area contributed by atoms with Gasteiger partial charge in [-0.2, -0.15) is 0 Å². The second-order valence-electron chi connectivity index (χ2n) is 4.46. The maximum absolute atomic E-state index is 3.50. The Bertz CT molecular complexity index is 172. The largest absolute Gasteiger partial charge is 0.315 e. The zero-order chi connectivity index (χ0) is 7.31. The van der Waals surface area contributed by atoms with E-state index in [1.165, 1.54) is 45.4 Å². The molecule has 3 saturated heterocycles. The first-order valence-electron chi connectivity index (χ1n) is 4.85. The van der Waals surface area contributed by atoms with Crippen LogP contribution < -0.4 is 5.32 Å². The minimum absolute atomic E-state index is 0.628. The van der Waals surface area contributed by atoms with Gasteiger partial charge in [-0.05, 0) is 38.3 Å². The highest BCUT2D eigenvalue weighted by atomic mass is 15.3. The van der Waals surface area contributed by atoms with Crippen LogP contribution in [0.15, 0.2) is 0 Å². The van der Waals surface area contributed by atoms with E-state index in [9.17, 15) is 0 Å². The van der Waals surface area contributed by atoms with Gasteiger partial charge in [-0.1, -0.05) is 0 Å². The molecule has 2 nitrogen and oxygen atoms in total. The second-order valence-corrected chi connectivity index (χ2v) is 4.46. The SMILES string of the molecule is C1C[C@]2(CN1)C[C@H]1CCN2C1. The molecular weight excluding hydrogens is 136 g/mol. The van der Waals surface area contributed by atoms with Gasteiger partial charge in [0.05, 0.1) is 0 Å². The highest BCUT2D eigenvalue weighted by molar-refractivity contribution is 5.07. The molecule has 0 radical (unpaired) electrons. The van der Waals surface area contributed by atoms with Crippen molar-refractivity contribution in [3.05, 3.63) is 0 Å². The number of rotatable bonds is 0. The number of nitrogens with one attached hydrogen (secondary N) is 1. The fraction of sp³-hybridized carbons (Fsp3) is 1.00. The summed E-state index contributed by atoms with van der Waals surface area (Å²) in [5.41, 5.74) is 0.628. The Labute approximate surface area is 68.0 Å². The average Bonchev–Trinajstić information content (AvgIpc) is 2.64. The van der Waals surface area contributed by atoms with Gasteiger partial charge in [0.2, 0.25) is 0 Å². The van der Waals surface area contributed by atoms with E-state index in [-0.39, 0.29) is 0 Å². The number of hydrogen-bond donors (Lipinski definition) is 1. The maximum Gasteiger partial charge on any atom is 0.0349 e. The van der Waals surface area contributed by atoms with Crippen molar-refractivity contribution in [3.63, 3.8) is 0 Å². The Hall–Kier alpha value is -0.0800. The molecule has 0 aromatic rings. The fourth-order valence-electron chi connectivity index (χ4n) is 3.27. The minimum atomic E-state index is 0.628. The van der Waals surface area contributed by atoms with E-state index >= 15 is 0 Å². The zero-order valence-electron chi connectivity index (χ0n) is 6.97. The van der Waals surface area contributed by atoms with Gasteiger partial charge in [0.25, 0.3) is 0 Å². The highest BCUT2D eigenvalue weighted by Gasteiger charge is 2.50. The molecule has 1 unspecified atom stereocenters. The fourth-order valence-corrected chi connectivity index (χ4v) is 3.27. The molecule has 0 aromatic heterocycles. The Morgan fingerprint density at radius 3 is 3.00 bits per heavy atom. The third-order valence-corrected chi connectivity index (χ3v) is 3.85. The molecule has 2 heteroatoms. The van der Waals surface area contributed by atoms with Crippen molar-refractivity contribution in [3.8, 4) is 0 Å². The van der Waals surface area contributed by atoms with E-state index in [4.69, 9.17) is 0 Å². The molecule has 3 atom stereocenters. The molecule has 0 amide bonds. The summed E-state index contributed by atoms with van der Waals surface area (Å²) in [6.45, 7) is 5.31. The molecule has 3 aliphatic heterocycles. The lowest BCUT2D eigenvalue weighted by atomic mass is 9.87. The molecule has 1 N–H and O–H groups in total. The molecule has 62 valence electrons. The summed E-state index contributed by atoms with van der Waals surface area (Å²) in [7, 11) is 0. The van der Waals surface area contributed by atoms with Crippen LogP contribution in [-0.2, 0) is 0 Å². The van der Waals surface area contributed by atoms with Gasteiger partial charge in [0.15, 0.2) is 0 Å². The van der Waals surface area contributed by atoms with E-state index in [0.29, 0.717) is 5.54 Å². The Morgan fingerprint density at radius 1 is 1.45 bits per heavy atom. The predicted octanol–water partition coefficient (Wildman–Crippen LogP) is 0.444. The van der Waals surface area contributed by atoms with Crippen molar-refractivity contribution in [2.75, 3.05) is 26.2 Å². The molecule has 0 saturated carbocycles. The monoisotopic (exact) mass is 152 g/mol. The summed E-state index contributed by atoms with van der Waals surface area (Å²) < 4.78 is 0. The predicted molar refractivity (Wildman–Crippen MR) is 44.5 cm³/mol. The third-order valence-electron chi connectivity index (χ3n) is 3.85. The lowest BCUT2D eigenvalue weighted by Crippen LogP contribution is -2.46. The first kappa shape index (κ1) is 6.44. The zero-order valence-corrected chi connectivity index (χ0v) is 6.97. The van der Waals surface area contributed by atoms with Crippen molar-refractivity contribution >= 4 is 0 Å². The van der Waals surface area contributed by atoms with Crippen LogP contribution in [0, 0.1) is 5.92 Å². The quantitative estimate of drug-likeness (QED) is 0.542. The second kappa shape index (κ2) is 1.99. The topological polar surface area (TPSA) is 15.3 Å². The summed E-state index contributed by atoms with van der Waals surface area (Å²) in [6, 6.07) is 0. The summed E-state index contributed by atoms with van der Waals surface area (Å²) in [5.74, 6) is 1.05. The van der Waals surface area contributed by atoms with E-state index in [2.05, 4.69) is 10.2 Å². The molecular formula is C9H16N2. The average molecular weight is 152 g/mol. The van der Waals surface area contributed by atoms with Crippen molar-refractivity contribution in [2.45, 2.75) is 24.8 Å². The standard InChI is InChI=1S/C9H16N2/c1-4-11-6-8(1)5-9(11)2-3-10-7-9/h8,10H,1-7H2/t8-,9-/m1/s1. The Balaban J connectivity index is 1.88. The van der Waals surface area contributed by atoms with Crippen LogP contribution in [0.3, 0.4) is 0 Å². The van der Waals surface area contributed by atoms with Gasteiger partial charge >= 0.3 is 0 Å². The van der Waals surface area contributed by atoms with Gasteiger partial charge in [-0.25, -0.2) is 0 Å². The summed E-state index contributed by atoms with van der Waals surface area (Å²) >= 11 is 0. The molecule has 3 rings (SSSR count). The van der Waals surface area contributed by atoms with Crippen LogP contribution in [-0.4, -0.2) is 36.6 Å². The molecule has 0 aromatic carbocycles. The number of hydrogen-bond acceptors (Lipinski definition) is 2. The molecule has 3 fully saturated rings. The lowest BCUT2D eigenvalue weighted by Gasteiger charge is -2.35. The number of piperidine rings is 1. The molecule has 2 bridgehead atoms.